The first-order chi connectivity index (χ1) is 11.2. The molecule has 0 unspecified atom stereocenters. The van der Waals surface area contributed by atoms with Gasteiger partial charge in [-0.05, 0) is 36.2 Å². The van der Waals surface area contributed by atoms with Crippen LogP contribution in [0.3, 0.4) is 0 Å². The number of hydrogen-bond acceptors (Lipinski definition) is 3. The van der Waals surface area contributed by atoms with Gasteiger partial charge in [-0.2, -0.15) is 0 Å². The molecule has 2 rings (SSSR count). The normalized spacial score (nSPS) is 11.4. The second-order valence-corrected chi connectivity index (χ2v) is 6.11. The zero-order valence-electron chi connectivity index (χ0n) is 13.8. The van der Waals surface area contributed by atoms with Crippen molar-refractivity contribution in [1.29, 1.82) is 0 Å². The highest BCUT2D eigenvalue weighted by molar-refractivity contribution is 9.10. The van der Waals surface area contributed by atoms with E-state index in [9.17, 15) is 0 Å². The number of ether oxygens (including phenoxy) is 2. The first kappa shape index (κ1) is 17.5. The standard InChI is InChI=1S/C19H22BrNO2/c1-4-5-18(14-6-9-16(20)10-7-14)21-13-15-8-11-17(22-2)12-19(15)23-3/h6-12H,4-5,13H2,1-3H3. The van der Waals surface area contributed by atoms with Gasteiger partial charge in [0.15, 0.2) is 0 Å². The summed E-state index contributed by atoms with van der Waals surface area (Å²) in [6.45, 7) is 2.76. The van der Waals surface area contributed by atoms with Crippen LogP contribution in [0.25, 0.3) is 0 Å². The Morgan fingerprint density at radius 3 is 2.39 bits per heavy atom. The van der Waals surface area contributed by atoms with E-state index in [0.717, 1.165) is 40.1 Å². The Bertz CT molecular complexity index is 666. The van der Waals surface area contributed by atoms with Gasteiger partial charge in [-0.25, -0.2) is 0 Å². The molecular weight excluding hydrogens is 354 g/mol. The van der Waals surface area contributed by atoms with Gasteiger partial charge in [0.05, 0.1) is 20.8 Å². The highest BCUT2D eigenvalue weighted by Crippen LogP contribution is 2.25. The van der Waals surface area contributed by atoms with Crippen LogP contribution in [0.15, 0.2) is 51.9 Å². The Morgan fingerprint density at radius 2 is 1.78 bits per heavy atom. The summed E-state index contributed by atoms with van der Waals surface area (Å²) in [4.78, 5) is 4.83. The predicted octanol–water partition coefficient (Wildman–Crippen LogP) is 5.26. The van der Waals surface area contributed by atoms with Crippen LogP contribution < -0.4 is 9.47 Å². The third-order valence-corrected chi connectivity index (χ3v) is 4.13. The van der Waals surface area contributed by atoms with Crippen LogP contribution in [0.5, 0.6) is 11.5 Å². The minimum atomic E-state index is 0.596. The fourth-order valence-electron chi connectivity index (χ4n) is 2.36. The molecule has 2 aromatic rings. The third-order valence-electron chi connectivity index (χ3n) is 3.60. The van der Waals surface area contributed by atoms with Gasteiger partial charge < -0.3 is 9.47 Å². The van der Waals surface area contributed by atoms with Gasteiger partial charge in [0.2, 0.25) is 0 Å². The van der Waals surface area contributed by atoms with Crippen LogP contribution in [0.2, 0.25) is 0 Å². The van der Waals surface area contributed by atoms with Gasteiger partial charge in [-0.15, -0.1) is 0 Å². The molecule has 0 aliphatic rings. The number of rotatable bonds is 7. The Balaban J connectivity index is 2.25. The van der Waals surface area contributed by atoms with E-state index in [1.165, 1.54) is 5.56 Å². The summed E-state index contributed by atoms with van der Waals surface area (Å²) >= 11 is 3.47. The van der Waals surface area contributed by atoms with Crippen molar-refractivity contribution in [3.63, 3.8) is 0 Å². The summed E-state index contributed by atoms with van der Waals surface area (Å²) in [6, 6.07) is 14.1. The lowest BCUT2D eigenvalue weighted by atomic mass is 10.1. The molecule has 0 fully saturated rings. The van der Waals surface area contributed by atoms with Crippen LogP contribution >= 0.6 is 15.9 Å². The first-order valence-corrected chi connectivity index (χ1v) is 8.47. The van der Waals surface area contributed by atoms with E-state index in [2.05, 4.69) is 47.1 Å². The molecule has 122 valence electrons. The van der Waals surface area contributed by atoms with Crippen molar-refractivity contribution in [2.75, 3.05) is 14.2 Å². The molecule has 0 aromatic heterocycles. The summed E-state index contributed by atoms with van der Waals surface area (Å²) < 4.78 is 11.8. The van der Waals surface area contributed by atoms with Crippen molar-refractivity contribution in [3.05, 3.63) is 58.1 Å². The van der Waals surface area contributed by atoms with Crippen molar-refractivity contribution in [1.82, 2.24) is 0 Å². The van der Waals surface area contributed by atoms with Crippen molar-refractivity contribution in [3.8, 4) is 11.5 Å². The molecule has 0 N–H and O–H groups in total. The lowest BCUT2D eigenvalue weighted by Crippen LogP contribution is -2.02. The van der Waals surface area contributed by atoms with E-state index in [1.54, 1.807) is 14.2 Å². The van der Waals surface area contributed by atoms with E-state index in [0.29, 0.717) is 6.54 Å². The predicted molar refractivity (Wildman–Crippen MR) is 98.8 cm³/mol. The van der Waals surface area contributed by atoms with Crippen LogP contribution in [-0.2, 0) is 6.54 Å². The number of methoxy groups -OCH3 is 2. The SMILES string of the molecule is CCCC(=NCc1ccc(OC)cc1OC)c1ccc(Br)cc1. The molecule has 0 saturated carbocycles. The number of benzene rings is 2. The first-order valence-electron chi connectivity index (χ1n) is 7.68. The molecule has 0 radical (unpaired) electrons. The fraction of sp³-hybridized carbons (Fsp3) is 0.316. The Morgan fingerprint density at radius 1 is 1.04 bits per heavy atom. The zero-order valence-corrected chi connectivity index (χ0v) is 15.4. The lowest BCUT2D eigenvalue weighted by Gasteiger charge is -2.10. The molecule has 0 aliphatic carbocycles. The van der Waals surface area contributed by atoms with Gasteiger partial charge in [-0.1, -0.05) is 41.4 Å². The van der Waals surface area contributed by atoms with Gasteiger partial charge in [-0.3, -0.25) is 4.99 Å². The highest BCUT2D eigenvalue weighted by Gasteiger charge is 2.07. The number of halogens is 1. The van der Waals surface area contributed by atoms with Gasteiger partial charge in [0.1, 0.15) is 11.5 Å². The van der Waals surface area contributed by atoms with Crippen LogP contribution in [0.1, 0.15) is 30.9 Å². The summed E-state index contributed by atoms with van der Waals surface area (Å²) in [6.07, 6.45) is 2.02. The zero-order chi connectivity index (χ0) is 16.7. The van der Waals surface area contributed by atoms with E-state index >= 15 is 0 Å². The maximum absolute atomic E-state index is 5.45. The lowest BCUT2D eigenvalue weighted by molar-refractivity contribution is 0.391. The van der Waals surface area contributed by atoms with Crippen molar-refractivity contribution >= 4 is 21.6 Å². The molecule has 23 heavy (non-hydrogen) atoms. The monoisotopic (exact) mass is 375 g/mol. The Kier molecular flexibility index (Phi) is 6.66. The maximum Gasteiger partial charge on any atom is 0.127 e. The highest BCUT2D eigenvalue weighted by atomic mass is 79.9. The van der Waals surface area contributed by atoms with Gasteiger partial charge >= 0.3 is 0 Å². The Hall–Kier alpha value is -1.81. The van der Waals surface area contributed by atoms with E-state index in [-0.39, 0.29) is 0 Å². The molecule has 0 saturated heterocycles. The van der Waals surface area contributed by atoms with Crippen molar-refractivity contribution in [2.24, 2.45) is 4.99 Å². The molecule has 0 amide bonds. The minimum absolute atomic E-state index is 0.596. The van der Waals surface area contributed by atoms with Crippen LogP contribution in [0.4, 0.5) is 0 Å². The molecule has 0 aliphatic heterocycles. The second-order valence-electron chi connectivity index (χ2n) is 5.20. The van der Waals surface area contributed by atoms with Gasteiger partial charge in [0.25, 0.3) is 0 Å². The van der Waals surface area contributed by atoms with Crippen molar-refractivity contribution < 1.29 is 9.47 Å². The Labute approximate surface area is 146 Å². The quantitative estimate of drug-likeness (QED) is 0.618. The number of aliphatic imine (C=N–C) groups is 1. The maximum atomic E-state index is 5.45. The molecule has 0 atom stereocenters. The summed E-state index contributed by atoms with van der Waals surface area (Å²) in [5.41, 5.74) is 3.35. The number of hydrogen-bond donors (Lipinski definition) is 0. The van der Waals surface area contributed by atoms with Crippen LogP contribution in [0, 0.1) is 0 Å². The van der Waals surface area contributed by atoms with Crippen molar-refractivity contribution in [2.45, 2.75) is 26.3 Å². The largest absolute Gasteiger partial charge is 0.497 e. The molecular formula is C19H22BrNO2. The van der Waals surface area contributed by atoms with E-state index in [4.69, 9.17) is 14.5 Å². The molecule has 0 heterocycles. The molecule has 3 nitrogen and oxygen atoms in total. The average molecular weight is 376 g/mol. The summed E-state index contributed by atoms with van der Waals surface area (Å²) in [5.74, 6) is 1.59. The molecule has 4 heteroatoms. The summed E-state index contributed by atoms with van der Waals surface area (Å²) in [7, 11) is 3.32. The summed E-state index contributed by atoms with van der Waals surface area (Å²) in [5, 5.41) is 0. The number of nitrogens with zero attached hydrogens (tertiary/aromatic N) is 1. The smallest absolute Gasteiger partial charge is 0.127 e. The second kappa shape index (κ2) is 8.73. The van der Waals surface area contributed by atoms with E-state index < -0.39 is 0 Å². The topological polar surface area (TPSA) is 30.8 Å². The minimum Gasteiger partial charge on any atom is -0.497 e. The average Bonchev–Trinajstić information content (AvgIpc) is 2.59. The molecule has 2 aromatic carbocycles. The fourth-order valence-corrected chi connectivity index (χ4v) is 2.62. The van der Waals surface area contributed by atoms with E-state index in [1.807, 2.05) is 18.2 Å². The third kappa shape index (κ3) is 4.83. The molecule has 0 bridgehead atoms. The molecule has 0 spiro atoms. The van der Waals surface area contributed by atoms with Crippen LogP contribution in [-0.4, -0.2) is 19.9 Å². The van der Waals surface area contributed by atoms with Gasteiger partial charge in [0, 0.05) is 21.8 Å².